The van der Waals surface area contributed by atoms with Crippen molar-refractivity contribution in [3.05, 3.63) is 59.9 Å². The minimum atomic E-state index is -0.751. The maximum Gasteiger partial charge on any atom is 0.323 e. The first kappa shape index (κ1) is 20.1. The molecule has 1 aliphatic rings. The molecule has 3 rings (SSSR count). The van der Waals surface area contributed by atoms with Crippen LogP contribution in [0, 0.1) is 11.7 Å². The number of esters is 1. The van der Waals surface area contributed by atoms with E-state index in [0.717, 1.165) is 12.8 Å². The molecule has 1 fully saturated rings. The smallest absolute Gasteiger partial charge is 0.323 e. The van der Waals surface area contributed by atoms with E-state index in [1.54, 1.807) is 32.0 Å². The quantitative estimate of drug-likeness (QED) is 0.658. The van der Waals surface area contributed by atoms with Gasteiger partial charge in [-0.3, -0.25) is 4.79 Å². The molecule has 0 aromatic heterocycles. The third-order valence-electron chi connectivity index (χ3n) is 4.56. The summed E-state index contributed by atoms with van der Waals surface area (Å²) in [6.07, 6.45) is 0.904. The molecule has 1 aliphatic carbocycles. The SMILES string of the molecule is C[C@H](N)C(=O)O[C@@H](C)[C@H](Oc1ccccc1)c1ccc(F)cc1OCC1CC1. The Morgan fingerprint density at radius 3 is 2.54 bits per heavy atom. The number of carbonyl (C=O) groups is 1. The molecule has 0 aliphatic heterocycles. The molecular weight excluding hydrogens is 361 g/mol. The molecule has 2 aromatic rings. The first-order chi connectivity index (χ1) is 13.4. The van der Waals surface area contributed by atoms with Crippen molar-refractivity contribution in [3.63, 3.8) is 0 Å². The van der Waals surface area contributed by atoms with Crippen LogP contribution in [0.15, 0.2) is 48.5 Å². The zero-order valence-corrected chi connectivity index (χ0v) is 16.1. The van der Waals surface area contributed by atoms with Crippen molar-refractivity contribution in [3.8, 4) is 11.5 Å². The van der Waals surface area contributed by atoms with Crippen LogP contribution in [-0.2, 0) is 9.53 Å². The second-order valence-corrected chi connectivity index (χ2v) is 7.22. The van der Waals surface area contributed by atoms with Gasteiger partial charge in [-0.15, -0.1) is 0 Å². The minimum absolute atomic E-state index is 0.395. The standard InChI is InChI=1S/C22H26FNO4/c1-14(24)22(25)27-15(2)21(28-18-6-4-3-5-7-18)19-11-10-17(23)12-20(19)26-13-16-8-9-16/h3-7,10-12,14-16,21H,8-9,13,24H2,1-2H3/t14-,15-,21-/m0/s1. The molecule has 3 atom stereocenters. The van der Waals surface area contributed by atoms with E-state index in [9.17, 15) is 9.18 Å². The van der Waals surface area contributed by atoms with E-state index >= 15 is 0 Å². The van der Waals surface area contributed by atoms with Gasteiger partial charge in [0.1, 0.15) is 29.5 Å². The van der Waals surface area contributed by atoms with E-state index in [1.807, 2.05) is 18.2 Å². The molecule has 2 N–H and O–H groups in total. The van der Waals surface area contributed by atoms with Gasteiger partial charge in [0.25, 0.3) is 0 Å². The summed E-state index contributed by atoms with van der Waals surface area (Å²) in [5.74, 6) is 0.591. The number of nitrogens with two attached hydrogens (primary N) is 1. The van der Waals surface area contributed by atoms with Crippen LogP contribution in [0.3, 0.4) is 0 Å². The summed E-state index contributed by atoms with van der Waals surface area (Å²) < 4.78 is 31.4. The average Bonchev–Trinajstić information content (AvgIpc) is 3.50. The number of ether oxygens (including phenoxy) is 3. The Bertz CT molecular complexity index is 792. The van der Waals surface area contributed by atoms with Crippen molar-refractivity contribution in [2.75, 3.05) is 6.61 Å². The van der Waals surface area contributed by atoms with E-state index in [2.05, 4.69) is 0 Å². The van der Waals surface area contributed by atoms with Crippen molar-refractivity contribution < 1.29 is 23.4 Å². The number of hydrogen-bond donors (Lipinski definition) is 1. The van der Waals surface area contributed by atoms with Crippen molar-refractivity contribution in [1.82, 2.24) is 0 Å². The second-order valence-electron chi connectivity index (χ2n) is 7.22. The van der Waals surface area contributed by atoms with Gasteiger partial charge in [-0.25, -0.2) is 4.39 Å². The van der Waals surface area contributed by atoms with Crippen molar-refractivity contribution in [1.29, 1.82) is 0 Å². The van der Waals surface area contributed by atoms with Crippen LogP contribution in [0.1, 0.15) is 38.4 Å². The van der Waals surface area contributed by atoms with Crippen LogP contribution in [-0.4, -0.2) is 24.7 Å². The lowest BCUT2D eigenvalue weighted by molar-refractivity contribution is -0.154. The second kappa shape index (κ2) is 9.06. The van der Waals surface area contributed by atoms with Gasteiger partial charge in [0, 0.05) is 11.6 Å². The number of rotatable bonds is 9. The molecule has 0 bridgehead atoms. The van der Waals surface area contributed by atoms with Crippen molar-refractivity contribution >= 4 is 5.97 Å². The Hall–Kier alpha value is -2.60. The molecule has 0 spiro atoms. The highest BCUT2D eigenvalue weighted by atomic mass is 19.1. The van der Waals surface area contributed by atoms with Crippen LogP contribution < -0.4 is 15.2 Å². The lowest BCUT2D eigenvalue weighted by Crippen LogP contribution is -2.35. The number of halogens is 1. The first-order valence-corrected chi connectivity index (χ1v) is 9.54. The van der Waals surface area contributed by atoms with Crippen molar-refractivity contribution in [2.45, 2.75) is 44.9 Å². The maximum atomic E-state index is 13.9. The third kappa shape index (κ3) is 5.45. The van der Waals surface area contributed by atoms with Gasteiger partial charge < -0.3 is 19.9 Å². The molecule has 150 valence electrons. The van der Waals surface area contributed by atoms with Crippen LogP contribution in [0.4, 0.5) is 4.39 Å². The van der Waals surface area contributed by atoms with E-state index in [0.29, 0.717) is 29.6 Å². The highest BCUT2D eigenvalue weighted by molar-refractivity contribution is 5.75. The predicted molar refractivity (Wildman–Crippen MR) is 104 cm³/mol. The van der Waals surface area contributed by atoms with Gasteiger partial charge in [0.05, 0.1) is 6.61 Å². The Morgan fingerprint density at radius 2 is 1.89 bits per heavy atom. The summed E-state index contributed by atoms with van der Waals surface area (Å²) in [5.41, 5.74) is 6.24. The highest BCUT2D eigenvalue weighted by Crippen LogP contribution is 2.35. The zero-order valence-electron chi connectivity index (χ0n) is 16.1. The fraction of sp³-hybridized carbons (Fsp3) is 0.409. The molecule has 0 radical (unpaired) electrons. The van der Waals surface area contributed by atoms with Crippen LogP contribution >= 0.6 is 0 Å². The lowest BCUT2D eigenvalue weighted by Gasteiger charge is -2.27. The fourth-order valence-electron chi connectivity index (χ4n) is 2.77. The summed E-state index contributed by atoms with van der Waals surface area (Å²) in [5, 5.41) is 0. The van der Waals surface area contributed by atoms with Gasteiger partial charge in [0.15, 0.2) is 6.10 Å². The highest BCUT2D eigenvalue weighted by Gasteiger charge is 2.30. The molecular formula is C22H26FNO4. The molecule has 1 saturated carbocycles. The largest absolute Gasteiger partial charge is 0.493 e. The van der Waals surface area contributed by atoms with Gasteiger partial charge in [-0.05, 0) is 56.9 Å². The van der Waals surface area contributed by atoms with E-state index in [1.165, 1.54) is 12.1 Å². The zero-order chi connectivity index (χ0) is 20.1. The summed E-state index contributed by atoms with van der Waals surface area (Å²) in [4.78, 5) is 12.0. The van der Waals surface area contributed by atoms with E-state index < -0.39 is 30.0 Å². The molecule has 0 heterocycles. The van der Waals surface area contributed by atoms with E-state index in [4.69, 9.17) is 19.9 Å². The minimum Gasteiger partial charge on any atom is -0.493 e. The van der Waals surface area contributed by atoms with E-state index in [-0.39, 0.29) is 0 Å². The normalized spacial score (nSPS) is 16.7. The Morgan fingerprint density at radius 1 is 1.18 bits per heavy atom. The Kier molecular flexibility index (Phi) is 6.52. The number of benzene rings is 2. The number of para-hydroxylation sites is 1. The van der Waals surface area contributed by atoms with Gasteiger partial charge in [-0.1, -0.05) is 18.2 Å². The van der Waals surface area contributed by atoms with Gasteiger partial charge in [0.2, 0.25) is 0 Å². The van der Waals surface area contributed by atoms with Crippen molar-refractivity contribution in [2.24, 2.45) is 11.7 Å². The fourth-order valence-corrected chi connectivity index (χ4v) is 2.77. The van der Waals surface area contributed by atoms with Gasteiger partial charge >= 0.3 is 5.97 Å². The molecule has 0 saturated heterocycles. The Balaban J connectivity index is 1.89. The van der Waals surface area contributed by atoms with Crippen LogP contribution in [0.2, 0.25) is 0 Å². The molecule has 0 amide bonds. The third-order valence-corrected chi connectivity index (χ3v) is 4.56. The first-order valence-electron chi connectivity index (χ1n) is 9.54. The molecule has 6 heteroatoms. The number of hydrogen-bond acceptors (Lipinski definition) is 5. The average molecular weight is 387 g/mol. The summed E-state index contributed by atoms with van der Waals surface area (Å²) in [6, 6.07) is 12.7. The number of carbonyl (C=O) groups excluding carboxylic acids is 1. The summed E-state index contributed by atoms with van der Waals surface area (Å²) >= 11 is 0. The Labute approximate surface area is 164 Å². The molecule has 2 aromatic carbocycles. The maximum absolute atomic E-state index is 13.9. The topological polar surface area (TPSA) is 70.8 Å². The summed E-state index contributed by atoms with van der Waals surface area (Å²) in [6.45, 7) is 3.81. The summed E-state index contributed by atoms with van der Waals surface area (Å²) in [7, 11) is 0. The van der Waals surface area contributed by atoms with Gasteiger partial charge in [-0.2, -0.15) is 0 Å². The monoisotopic (exact) mass is 387 g/mol. The van der Waals surface area contributed by atoms with Crippen LogP contribution in [0.5, 0.6) is 11.5 Å². The van der Waals surface area contributed by atoms with Crippen LogP contribution in [0.25, 0.3) is 0 Å². The lowest BCUT2D eigenvalue weighted by atomic mass is 10.0. The molecule has 0 unspecified atom stereocenters. The molecule has 28 heavy (non-hydrogen) atoms. The molecule has 5 nitrogen and oxygen atoms in total. The predicted octanol–water partition coefficient (Wildman–Crippen LogP) is 4.01.